The maximum absolute atomic E-state index is 12.1. The van der Waals surface area contributed by atoms with E-state index in [-0.39, 0.29) is 11.9 Å². The summed E-state index contributed by atoms with van der Waals surface area (Å²) in [5.74, 6) is 1.83. The minimum Gasteiger partial charge on any atom is -0.465 e. The van der Waals surface area contributed by atoms with Crippen LogP contribution in [0.25, 0.3) is 0 Å². The van der Waals surface area contributed by atoms with Crippen molar-refractivity contribution >= 4 is 5.97 Å². The Labute approximate surface area is 138 Å². The van der Waals surface area contributed by atoms with Crippen LogP contribution in [0.5, 0.6) is 0 Å². The lowest BCUT2D eigenvalue weighted by Gasteiger charge is -2.29. The molecule has 22 heavy (non-hydrogen) atoms. The average molecular weight is 311 g/mol. The van der Waals surface area contributed by atoms with Gasteiger partial charge in [-0.15, -0.1) is 0 Å². The Kier molecular flexibility index (Phi) is 10.6. The highest BCUT2D eigenvalue weighted by Crippen LogP contribution is 2.33. The molecule has 0 spiro atoms. The smallest absolute Gasteiger partial charge is 0.308 e. The summed E-state index contributed by atoms with van der Waals surface area (Å²) in [6, 6.07) is 0. The van der Waals surface area contributed by atoms with Gasteiger partial charge in [0.15, 0.2) is 0 Å². The summed E-state index contributed by atoms with van der Waals surface area (Å²) in [5.41, 5.74) is 0. The monoisotopic (exact) mass is 310 g/mol. The highest BCUT2D eigenvalue weighted by molar-refractivity contribution is 5.72. The second kappa shape index (κ2) is 12.0. The van der Waals surface area contributed by atoms with Crippen molar-refractivity contribution in [2.75, 3.05) is 6.61 Å². The number of hydrogen-bond donors (Lipinski definition) is 0. The van der Waals surface area contributed by atoms with Crippen LogP contribution in [0.2, 0.25) is 0 Å². The Bertz CT molecular complexity index is 277. The predicted molar refractivity (Wildman–Crippen MR) is 93.9 cm³/mol. The minimum absolute atomic E-state index is 0.0742. The summed E-state index contributed by atoms with van der Waals surface area (Å²) >= 11 is 0. The fourth-order valence-corrected chi connectivity index (χ4v) is 3.55. The molecule has 0 heterocycles. The van der Waals surface area contributed by atoms with E-state index in [1.807, 2.05) is 0 Å². The van der Waals surface area contributed by atoms with E-state index in [2.05, 4.69) is 20.8 Å². The van der Waals surface area contributed by atoms with Crippen LogP contribution in [0.15, 0.2) is 0 Å². The van der Waals surface area contributed by atoms with Gasteiger partial charge >= 0.3 is 5.97 Å². The number of unbranched alkanes of at least 4 members (excludes halogenated alkanes) is 7. The molecular formula is C20H38O2. The van der Waals surface area contributed by atoms with Crippen molar-refractivity contribution in [3.63, 3.8) is 0 Å². The summed E-state index contributed by atoms with van der Waals surface area (Å²) in [4.78, 5) is 12.1. The van der Waals surface area contributed by atoms with Crippen LogP contribution >= 0.6 is 0 Å². The first kappa shape index (κ1) is 19.5. The predicted octanol–water partition coefficient (Wildman–Crippen LogP) is 6.13. The van der Waals surface area contributed by atoms with Crippen molar-refractivity contribution in [2.24, 2.45) is 17.8 Å². The van der Waals surface area contributed by atoms with Crippen LogP contribution in [-0.4, -0.2) is 12.6 Å². The summed E-state index contributed by atoms with van der Waals surface area (Å²) in [6.45, 7) is 7.48. The van der Waals surface area contributed by atoms with E-state index in [1.165, 1.54) is 57.8 Å². The number of esters is 1. The molecule has 1 rings (SSSR count). The van der Waals surface area contributed by atoms with Gasteiger partial charge in [-0.3, -0.25) is 4.79 Å². The van der Waals surface area contributed by atoms with Crippen LogP contribution in [-0.2, 0) is 9.53 Å². The van der Waals surface area contributed by atoms with Crippen molar-refractivity contribution < 1.29 is 9.53 Å². The summed E-state index contributed by atoms with van der Waals surface area (Å²) < 4.78 is 5.48. The number of rotatable bonds is 11. The van der Waals surface area contributed by atoms with Crippen molar-refractivity contribution in [3.8, 4) is 0 Å². The van der Waals surface area contributed by atoms with Gasteiger partial charge in [-0.25, -0.2) is 0 Å². The number of ether oxygens (including phenoxy) is 1. The van der Waals surface area contributed by atoms with E-state index in [4.69, 9.17) is 4.74 Å². The molecule has 0 N–H and O–H groups in total. The van der Waals surface area contributed by atoms with E-state index in [0.29, 0.717) is 6.61 Å². The quantitative estimate of drug-likeness (QED) is 0.339. The zero-order valence-electron chi connectivity index (χ0n) is 15.2. The van der Waals surface area contributed by atoms with Crippen LogP contribution in [0.1, 0.15) is 97.8 Å². The number of carbonyl (C=O) groups is 1. The second-order valence-electron chi connectivity index (χ2n) is 7.50. The first-order valence-corrected chi connectivity index (χ1v) is 9.81. The minimum atomic E-state index is 0.0742. The van der Waals surface area contributed by atoms with Gasteiger partial charge in [-0.1, -0.05) is 65.7 Å². The largest absolute Gasteiger partial charge is 0.465 e. The van der Waals surface area contributed by atoms with Crippen LogP contribution in [0.3, 0.4) is 0 Å². The van der Waals surface area contributed by atoms with E-state index >= 15 is 0 Å². The Hall–Kier alpha value is -0.530. The lowest BCUT2D eigenvalue weighted by molar-refractivity contribution is -0.150. The van der Waals surface area contributed by atoms with Crippen molar-refractivity contribution in [1.82, 2.24) is 0 Å². The summed E-state index contributed by atoms with van der Waals surface area (Å²) in [5, 5.41) is 0. The maximum Gasteiger partial charge on any atom is 0.308 e. The molecule has 2 nitrogen and oxygen atoms in total. The molecule has 0 aliphatic heterocycles. The molecule has 0 saturated heterocycles. The molecule has 0 amide bonds. The second-order valence-corrected chi connectivity index (χ2v) is 7.50. The Morgan fingerprint density at radius 2 is 1.45 bits per heavy atom. The van der Waals surface area contributed by atoms with E-state index in [9.17, 15) is 4.79 Å². The molecule has 0 atom stereocenters. The maximum atomic E-state index is 12.1. The zero-order valence-corrected chi connectivity index (χ0v) is 15.2. The standard InChI is InChI=1S/C20H38O2/c1-4-5-6-7-8-9-10-11-16-22-20(21)19-14-12-18(13-15-19)17(2)3/h17-19H,4-16H2,1-3H3. The van der Waals surface area contributed by atoms with Crippen LogP contribution in [0.4, 0.5) is 0 Å². The van der Waals surface area contributed by atoms with Crippen LogP contribution in [0, 0.1) is 17.8 Å². The SMILES string of the molecule is CCCCCCCCCCOC(=O)C1CCC(C(C)C)CC1. The summed E-state index contributed by atoms with van der Waals surface area (Å²) in [7, 11) is 0. The Morgan fingerprint density at radius 1 is 0.909 bits per heavy atom. The van der Waals surface area contributed by atoms with E-state index in [1.54, 1.807) is 0 Å². The molecule has 0 aromatic heterocycles. The molecule has 1 aliphatic rings. The number of hydrogen-bond acceptors (Lipinski definition) is 2. The highest BCUT2D eigenvalue weighted by Gasteiger charge is 2.28. The normalized spacial score (nSPS) is 22.0. The van der Waals surface area contributed by atoms with Gasteiger partial charge in [0.1, 0.15) is 0 Å². The third-order valence-corrected chi connectivity index (χ3v) is 5.29. The third kappa shape index (κ3) is 8.19. The van der Waals surface area contributed by atoms with Gasteiger partial charge < -0.3 is 4.74 Å². The topological polar surface area (TPSA) is 26.3 Å². The third-order valence-electron chi connectivity index (χ3n) is 5.29. The van der Waals surface area contributed by atoms with E-state index in [0.717, 1.165) is 31.1 Å². The lowest BCUT2D eigenvalue weighted by atomic mass is 9.77. The molecule has 130 valence electrons. The molecule has 1 fully saturated rings. The van der Waals surface area contributed by atoms with Gasteiger partial charge in [-0.2, -0.15) is 0 Å². The lowest BCUT2D eigenvalue weighted by Crippen LogP contribution is -2.25. The first-order valence-electron chi connectivity index (χ1n) is 9.81. The van der Waals surface area contributed by atoms with Crippen molar-refractivity contribution in [2.45, 2.75) is 97.8 Å². The molecule has 1 saturated carbocycles. The van der Waals surface area contributed by atoms with E-state index < -0.39 is 0 Å². The Morgan fingerprint density at radius 3 is 2.00 bits per heavy atom. The first-order chi connectivity index (χ1) is 10.6. The Balaban J connectivity index is 1.96. The van der Waals surface area contributed by atoms with Crippen molar-refractivity contribution in [1.29, 1.82) is 0 Å². The molecule has 0 bridgehead atoms. The van der Waals surface area contributed by atoms with Gasteiger partial charge in [0.2, 0.25) is 0 Å². The molecule has 0 aromatic rings. The highest BCUT2D eigenvalue weighted by atomic mass is 16.5. The molecule has 1 aliphatic carbocycles. The fourth-order valence-electron chi connectivity index (χ4n) is 3.55. The van der Waals surface area contributed by atoms with Crippen LogP contribution < -0.4 is 0 Å². The van der Waals surface area contributed by atoms with Gasteiger partial charge in [0.05, 0.1) is 12.5 Å². The average Bonchev–Trinajstić information content (AvgIpc) is 2.53. The fraction of sp³-hybridized carbons (Fsp3) is 0.950. The molecule has 2 heteroatoms. The van der Waals surface area contributed by atoms with Crippen molar-refractivity contribution in [3.05, 3.63) is 0 Å². The number of carbonyl (C=O) groups excluding carboxylic acids is 1. The van der Waals surface area contributed by atoms with Gasteiger partial charge in [-0.05, 0) is 43.9 Å². The molecule has 0 radical (unpaired) electrons. The van der Waals surface area contributed by atoms with Gasteiger partial charge in [0.25, 0.3) is 0 Å². The summed E-state index contributed by atoms with van der Waals surface area (Å²) in [6.07, 6.45) is 14.8. The zero-order chi connectivity index (χ0) is 16.2. The molecular weight excluding hydrogens is 272 g/mol. The molecule has 0 unspecified atom stereocenters. The molecule has 0 aromatic carbocycles. The van der Waals surface area contributed by atoms with Gasteiger partial charge in [0, 0.05) is 0 Å².